The van der Waals surface area contributed by atoms with E-state index < -0.39 is 10.0 Å². The van der Waals surface area contributed by atoms with Gasteiger partial charge in [-0.15, -0.1) is 0 Å². The van der Waals surface area contributed by atoms with Crippen molar-refractivity contribution in [2.75, 3.05) is 18.4 Å². The van der Waals surface area contributed by atoms with Gasteiger partial charge < -0.3 is 5.32 Å². The fourth-order valence-electron chi connectivity index (χ4n) is 3.25. The Morgan fingerprint density at radius 2 is 1.89 bits per heavy atom. The highest BCUT2D eigenvalue weighted by Crippen LogP contribution is 2.27. The minimum atomic E-state index is -3.76. The molecule has 1 amide bonds. The fourth-order valence-corrected chi connectivity index (χ4v) is 5.03. The number of halogens is 1. The van der Waals surface area contributed by atoms with Crippen LogP contribution >= 0.6 is 11.6 Å². The SMILES string of the molecule is Cc1ccc(Cl)cc1NC(=O)C1CCN(S(=O)(=O)c2ccccc2C#N)CC1. The van der Waals surface area contributed by atoms with Gasteiger partial charge in [0.05, 0.1) is 10.5 Å². The van der Waals surface area contributed by atoms with Crippen molar-refractivity contribution >= 4 is 33.2 Å². The molecule has 3 rings (SSSR count). The van der Waals surface area contributed by atoms with Crippen LogP contribution in [0.2, 0.25) is 5.02 Å². The third kappa shape index (κ3) is 4.20. The van der Waals surface area contributed by atoms with Crippen LogP contribution in [0.5, 0.6) is 0 Å². The lowest BCUT2D eigenvalue weighted by Gasteiger charge is -2.30. The molecule has 0 bridgehead atoms. The Morgan fingerprint density at radius 3 is 2.57 bits per heavy atom. The molecule has 1 fully saturated rings. The zero-order valence-electron chi connectivity index (χ0n) is 15.4. The number of rotatable bonds is 4. The van der Waals surface area contributed by atoms with Gasteiger partial charge in [-0.05, 0) is 49.6 Å². The third-order valence-electron chi connectivity index (χ3n) is 4.91. The first kappa shape index (κ1) is 20.3. The number of benzene rings is 2. The van der Waals surface area contributed by atoms with Crippen LogP contribution in [0.1, 0.15) is 24.0 Å². The molecule has 0 radical (unpaired) electrons. The predicted octanol–water partition coefficient (Wildman–Crippen LogP) is 3.56. The highest BCUT2D eigenvalue weighted by atomic mass is 35.5. The summed E-state index contributed by atoms with van der Waals surface area (Å²) in [6, 6.07) is 13.4. The molecule has 1 N–H and O–H groups in total. The van der Waals surface area contributed by atoms with Crippen molar-refractivity contribution in [2.24, 2.45) is 5.92 Å². The summed E-state index contributed by atoms with van der Waals surface area (Å²) in [4.78, 5) is 12.6. The molecule has 2 aromatic rings. The normalized spacial score (nSPS) is 15.8. The molecule has 0 atom stereocenters. The number of sulfonamides is 1. The lowest BCUT2D eigenvalue weighted by Crippen LogP contribution is -2.41. The van der Waals surface area contributed by atoms with Gasteiger partial charge in [0.2, 0.25) is 15.9 Å². The summed E-state index contributed by atoms with van der Waals surface area (Å²) in [5, 5.41) is 12.6. The number of carbonyl (C=O) groups excluding carboxylic acids is 1. The number of amides is 1. The average molecular weight is 418 g/mol. The van der Waals surface area contributed by atoms with E-state index in [0.717, 1.165) is 5.56 Å². The highest BCUT2D eigenvalue weighted by Gasteiger charge is 2.33. The molecule has 0 spiro atoms. The summed E-state index contributed by atoms with van der Waals surface area (Å²) in [6.45, 7) is 2.34. The van der Waals surface area contributed by atoms with Gasteiger partial charge in [-0.3, -0.25) is 4.79 Å². The fraction of sp³-hybridized carbons (Fsp3) is 0.300. The molecule has 8 heteroatoms. The summed E-state index contributed by atoms with van der Waals surface area (Å²) in [5.41, 5.74) is 1.69. The second-order valence-corrected chi connectivity index (χ2v) is 9.08. The van der Waals surface area contributed by atoms with Gasteiger partial charge >= 0.3 is 0 Å². The van der Waals surface area contributed by atoms with Gasteiger partial charge in [0.1, 0.15) is 6.07 Å². The van der Waals surface area contributed by atoms with E-state index in [1.54, 1.807) is 24.3 Å². The van der Waals surface area contributed by atoms with Crippen molar-refractivity contribution in [3.05, 3.63) is 58.6 Å². The molecule has 2 aromatic carbocycles. The molecule has 0 saturated carbocycles. The number of carbonyl (C=O) groups is 1. The number of nitrogens with zero attached hydrogens (tertiary/aromatic N) is 2. The van der Waals surface area contributed by atoms with E-state index in [9.17, 15) is 18.5 Å². The van der Waals surface area contributed by atoms with Crippen molar-refractivity contribution in [1.82, 2.24) is 4.31 Å². The smallest absolute Gasteiger partial charge is 0.244 e. The van der Waals surface area contributed by atoms with Gasteiger partial charge in [0.15, 0.2) is 0 Å². The molecule has 6 nitrogen and oxygen atoms in total. The number of aryl methyl sites for hydroxylation is 1. The predicted molar refractivity (Wildman–Crippen MR) is 107 cm³/mol. The van der Waals surface area contributed by atoms with Crippen molar-refractivity contribution in [3.63, 3.8) is 0 Å². The van der Waals surface area contributed by atoms with Crippen LogP contribution < -0.4 is 5.32 Å². The molecular formula is C20H20ClN3O3S. The molecule has 1 aliphatic heterocycles. The molecule has 0 aliphatic carbocycles. The average Bonchev–Trinajstić information content (AvgIpc) is 2.70. The Balaban J connectivity index is 1.68. The number of anilines is 1. The third-order valence-corrected chi connectivity index (χ3v) is 7.10. The van der Waals surface area contributed by atoms with E-state index >= 15 is 0 Å². The van der Waals surface area contributed by atoms with E-state index in [-0.39, 0.29) is 35.4 Å². The molecule has 1 heterocycles. The molecule has 146 valence electrons. The zero-order chi connectivity index (χ0) is 20.3. The van der Waals surface area contributed by atoms with E-state index in [2.05, 4.69) is 5.32 Å². The standard InChI is InChI=1S/C20H20ClN3O3S/c1-14-6-7-17(21)12-18(14)23-20(25)15-8-10-24(11-9-15)28(26,27)19-5-3-2-4-16(19)13-22/h2-7,12,15H,8-11H2,1H3,(H,23,25). The quantitative estimate of drug-likeness (QED) is 0.823. The molecule has 1 saturated heterocycles. The van der Waals surface area contributed by atoms with Crippen LogP contribution in [0.25, 0.3) is 0 Å². The van der Waals surface area contributed by atoms with Crippen LogP contribution in [0.4, 0.5) is 5.69 Å². The summed E-state index contributed by atoms with van der Waals surface area (Å²) < 4.78 is 27.1. The van der Waals surface area contributed by atoms with Crippen molar-refractivity contribution in [2.45, 2.75) is 24.7 Å². The minimum absolute atomic E-state index is 0.00922. The van der Waals surface area contributed by atoms with Gasteiger partial charge in [0.25, 0.3) is 0 Å². The number of piperidine rings is 1. The maximum absolute atomic E-state index is 12.9. The number of nitriles is 1. The van der Waals surface area contributed by atoms with E-state index in [4.69, 9.17) is 11.6 Å². The Kier molecular flexibility index (Phi) is 6.04. The van der Waals surface area contributed by atoms with Gasteiger partial charge in [-0.25, -0.2) is 8.42 Å². The van der Waals surface area contributed by atoms with E-state index in [1.165, 1.54) is 16.4 Å². The number of nitrogens with one attached hydrogen (secondary N) is 1. The van der Waals surface area contributed by atoms with Crippen molar-refractivity contribution in [3.8, 4) is 6.07 Å². The summed E-state index contributed by atoms with van der Waals surface area (Å²) in [6.07, 6.45) is 0.832. The maximum atomic E-state index is 12.9. The van der Waals surface area contributed by atoms with Gasteiger partial charge in [-0.2, -0.15) is 9.57 Å². The molecular weight excluding hydrogens is 398 g/mol. The largest absolute Gasteiger partial charge is 0.326 e. The topological polar surface area (TPSA) is 90.3 Å². The van der Waals surface area contributed by atoms with Gasteiger partial charge in [0, 0.05) is 29.7 Å². The molecule has 1 aliphatic rings. The van der Waals surface area contributed by atoms with Crippen LogP contribution in [0, 0.1) is 24.2 Å². The Bertz CT molecular complexity index is 1040. The van der Waals surface area contributed by atoms with Crippen LogP contribution in [-0.4, -0.2) is 31.7 Å². The van der Waals surface area contributed by atoms with Crippen molar-refractivity contribution < 1.29 is 13.2 Å². The first-order chi connectivity index (χ1) is 13.3. The minimum Gasteiger partial charge on any atom is -0.326 e. The summed E-state index contributed by atoms with van der Waals surface area (Å²) >= 11 is 5.99. The first-order valence-electron chi connectivity index (χ1n) is 8.89. The second-order valence-electron chi connectivity index (χ2n) is 6.73. The molecule has 28 heavy (non-hydrogen) atoms. The van der Waals surface area contributed by atoms with Crippen LogP contribution in [-0.2, 0) is 14.8 Å². The lowest BCUT2D eigenvalue weighted by molar-refractivity contribution is -0.120. The second kappa shape index (κ2) is 8.31. The number of hydrogen-bond donors (Lipinski definition) is 1. The molecule has 0 aromatic heterocycles. The van der Waals surface area contributed by atoms with E-state index in [0.29, 0.717) is 23.6 Å². The monoisotopic (exact) mass is 417 g/mol. The molecule has 0 unspecified atom stereocenters. The zero-order valence-corrected chi connectivity index (χ0v) is 16.9. The Hall–Kier alpha value is -2.40. The van der Waals surface area contributed by atoms with Gasteiger partial charge in [-0.1, -0.05) is 29.8 Å². The first-order valence-corrected chi connectivity index (χ1v) is 10.7. The lowest BCUT2D eigenvalue weighted by atomic mass is 9.97. The van der Waals surface area contributed by atoms with Crippen LogP contribution in [0.15, 0.2) is 47.4 Å². The maximum Gasteiger partial charge on any atom is 0.244 e. The Morgan fingerprint density at radius 1 is 1.21 bits per heavy atom. The van der Waals surface area contributed by atoms with E-state index in [1.807, 2.05) is 19.1 Å². The summed E-state index contributed by atoms with van der Waals surface area (Å²) in [7, 11) is -3.76. The van der Waals surface area contributed by atoms with Crippen LogP contribution in [0.3, 0.4) is 0 Å². The highest BCUT2D eigenvalue weighted by molar-refractivity contribution is 7.89. The van der Waals surface area contributed by atoms with Crippen molar-refractivity contribution in [1.29, 1.82) is 5.26 Å². The summed E-state index contributed by atoms with van der Waals surface area (Å²) in [5.74, 6) is -0.420. The number of hydrogen-bond acceptors (Lipinski definition) is 4. The Labute approximate surface area is 169 Å².